The van der Waals surface area contributed by atoms with Gasteiger partial charge in [0.1, 0.15) is 0 Å². The summed E-state index contributed by atoms with van der Waals surface area (Å²) in [5.41, 5.74) is 1.18. The SMILES string of the molecule is CCNC(CC)c1nnc(Cc2ccccc2)o1. The molecule has 0 aliphatic heterocycles. The van der Waals surface area contributed by atoms with E-state index in [4.69, 9.17) is 4.42 Å². The zero-order chi connectivity index (χ0) is 12.8. The molecule has 1 atom stereocenters. The summed E-state index contributed by atoms with van der Waals surface area (Å²) in [5, 5.41) is 11.6. The summed E-state index contributed by atoms with van der Waals surface area (Å²) in [6.45, 7) is 5.08. The first-order valence-corrected chi connectivity index (χ1v) is 6.43. The standard InChI is InChI=1S/C14H19N3O/c1-3-12(15-4-2)14-17-16-13(18-14)10-11-8-6-5-7-9-11/h5-9,12,15H,3-4,10H2,1-2H3. The summed E-state index contributed by atoms with van der Waals surface area (Å²) in [6, 6.07) is 10.3. The van der Waals surface area contributed by atoms with Crippen LogP contribution in [0.25, 0.3) is 0 Å². The topological polar surface area (TPSA) is 51.0 Å². The van der Waals surface area contributed by atoms with Gasteiger partial charge in [-0.2, -0.15) is 0 Å². The minimum absolute atomic E-state index is 0.159. The molecule has 18 heavy (non-hydrogen) atoms. The van der Waals surface area contributed by atoms with Gasteiger partial charge in [0, 0.05) is 0 Å². The van der Waals surface area contributed by atoms with E-state index in [0.29, 0.717) is 18.2 Å². The Kier molecular flexibility index (Phi) is 4.47. The molecule has 0 amide bonds. The van der Waals surface area contributed by atoms with Gasteiger partial charge in [-0.3, -0.25) is 0 Å². The average molecular weight is 245 g/mol. The number of nitrogens with zero attached hydrogens (tertiary/aromatic N) is 2. The Bertz CT molecular complexity index is 467. The molecule has 0 saturated heterocycles. The van der Waals surface area contributed by atoms with Crippen LogP contribution in [0.2, 0.25) is 0 Å². The quantitative estimate of drug-likeness (QED) is 0.850. The zero-order valence-corrected chi connectivity index (χ0v) is 10.9. The van der Waals surface area contributed by atoms with Crippen molar-refractivity contribution in [1.82, 2.24) is 15.5 Å². The van der Waals surface area contributed by atoms with Crippen LogP contribution in [-0.4, -0.2) is 16.7 Å². The maximum absolute atomic E-state index is 5.71. The highest BCUT2D eigenvalue weighted by atomic mass is 16.4. The van der Waals surface area contributed by atoms with E-state index in [1.807, 2.05) is 18.2 Å². The minimum Gasteiger partial charge on any atom is -0.423 e. The van der Waals surface area contributed by atoms with Crippen molar-refractivity contribution in [2.45, 2.75) is 32.7 Å². The fourth-order valence-electron chi connectivity index (χ4n) is 1.90. The van der Waals surface area contributed by atoms with Gasteiger partial charge in [0.05, 0.1) is 12.5 Å². The predicted octanol–water partition coefficient (Wildman–Crippen LogP) is 2.72. The van der Waals surface area contributed by atoms with Crippen LogP contribution in [-0.2, 0) is 6.42 Å². The molecule has 4 nitrogen and oxygen atoms in total. The summed E-state index contributed by atoms with van der Waals surface area (Å²) >= 11 is 0. The van der Waals surface area contributed by atoms with Crippen molar-refractivity contribution in [1.29, 1.82) is 0 Å². The van der Waals surface area contributed by atoms with Gasteiger partial charge in [-0.15, -0.1) is 10.2 Å². The fraction of sp³-hybridized carbons (Fsp3) is 0.429. The summed E-state index contributed by atoms with van der Waals surface area (Å²) in [4.78, 5) is 0. The van der Waals surface area contributed by atoms with Crippen LogP contribution in [0.3, 0.4) is 0 Å². The van der Waals surface area contributed by atoms with Crippen LogP contribution in [0.15, 0.2) is 34.7 Å². The lowest BCUT2D eigenvalue weighted by atomic mass is 10.1. The summed E-state index contributed by atoms with van der Waals surface area (Å²) < 4.78 is 5.71. The Balaban J connectivity index is 2.06. The Morgan fingerprint density at radius 1 is 1.17 bits per heavy atom. The second-order valence-electron chi connectivity index (χ2n) is 4.21. The predicted molar refractivity (Wildman–Crippen MR) is 70.3 cm³/mol. The largest absolute Gasteiger partial charge is 0.423 e. The van der Waals surface area contributed by atoms with Crippen molar-refractivity contribution in [3.8, 4) is 0 Å². The molecule has 0 fully saturated rings. The van der Waals surface area contributed by atoms with E-state index in [1.54, 1.807) is 0 Å². The lowest BCUT2D eigenvalue weighted by Gasteiger charge is -2.09. The number of hydrogen-bond acceptors (Lipinski definition) is 4. The van der Waals surface area contributed by atoms with Gasteiger partial charge in [0.15, 0.2) is 0 Å². The van der Waals surface area contributed by atoms with Crippen LogP contribution < -0.4 is 5.32 Å². The first kappa shape index (κ1) is 12.8. The molecule has 0 spiro atoms. The number of nitrogens with one attached hydrogen (secondary N) is 1. The molecule has 0 aliphatic carbocycles. The summed E-state index contributed by atoms with van der Waals surface area (Å²) in [6.07, 6.45) is 1.64. The Morgan fingerprint density at radius 3 is 2.61 bits per heavy atom. The Hall–Kier alpha value is -1.68. The van der Waals surface area contributed by atoms with E-state index < -0.39 is 0 Å². The average Bonchev–Trinajstić information content (AvgIpc) is 2.85. The second kappa shape index (κ2) is 6.31. The molecule has 1 aromatic carbocycles. The highest BCUT2D eigenvalue weighted by molar-refractivity contribution is 5.17. The molecule has 0 aliphatic rings. The Morgan fingerprint density at radius 2 is 1.94 bits per heavy atom. The van der Waals surface area contributed by atoms with Crippen LogP contribution in [0.5, 0.6) is 0 Å². The normalized spacial score (nSPS) is 12.6. The molecule has 1 N–H and O–H groups in total. The van der Waals surface area contributed by atoms with E-state index in [0.717, 1.165) is 13.0 Å². The van der Waals surface area contributed by atoms with E-state index in [9.17, 15) is 0 Å². The van der Waals surface area contributed by atoms with E-state index >= 15 is 0 Å². The number of benzene rings is 1. The molecule has 1 unspecified atom stereocenters. The molecule has 96 valence electrons. The van der Waals surface area contributed by atoms with E-state index in [-0.39, 0.29) is 6.04 Å². The maximum Gasteiger partial charge on any atom is 0.233 e. The monoisotopic (exact) mass is 245 g/mol. The van der Waals surface area contributed by atoms with E-state index in [2.05, 4.69) is 41.5 Å². The van der Waals surface area contributed by atoms with Crippen molar-refractivity contribution in [3.05, 3.63) is 47.7 Å². The maximum atomic E-state index is 5.71. The number of hydrogen-bond donors (Lipinski definition) is 1. The van der Waals surface area contributed by atoms with Gasteiger partial charge in [-0.05, 0) is 18.5 Å². The molecule has 1 aromatic heterocycles. The second-order valence-corrected chi connectivity index (χ2v) is 4.21. The van der Waals surface area contributed by atoms with Crippen molar-refractivity contribution >= 4 is 0 Å². The van der Waals surface area contributed by atoms with Crippen LogP contribution in [0, 0.1) is 0 Å². The molecule has 1 heterocycles. The Labute approximate surface area is 107 Å². The van der Waals surface area contributed by atoms with Gasteiger partial charge in [0.2, 0.25) is 11.8 Å². The molecular weight excluding hydrogens is 226 g/mol. The van der Waals surface area contributed by atoms with Crippen molar-refractivity contribution in [2.24, 2.45) is 0 Å². The van der Waals surface area contributed by atoms with E-state index in [1.165, 1.54) is 5.56 Å². The van der Waals surface area contributed by atoms with Crippen LogP contribution >= 0.6 is 0 Å². The van der Waals surface area contributed by atoms with Gasteiger partial charge >= 0.3 is 0 Å². The molecule has 2 rings (SSSR count). The summed E-state index contributed by atoms with van der Waals surface area (Å²) in [5.74, 6) is 1.36. The third kappa shape index (κ3) is 3.17. The van der Waals surface area contributed by atoms with Gasteiger partial charge in [-0.1, -0.05) is 44.2 Å². The molecular formula is C14H19N3O. The molecule has 0 saturated carbocycles. The smallest absolute Gasteiger partial charge is 0.233 e. The van der Waals surface area contributed by atoms with Gasteiger partial charge in [0.25, 0.3) is 0 Å². The van der Waals surface area contributed by atoms with Crippen molar-refractivity contribution < 1.29 is 4.42 Å². The zero-order valence-electron chi connectivity index (χ0n) is 10.9. The highest BCUT2D eigenvalue weighted by Crippen LogP contribution is 2.16. The molecule has 0 bridgehead atoms. The lowest BCUT2D eigenvalue weighted by Crippen LogP contribution is -2.20. The first-order chi connectivity index (χ1) is 8.83. The summed E-state index contributed by atoms with van der Waals surface area (Å²) in [7, 11) is 0. The van der Waals surface area contributed by atoms with Gasteiger partial charge < -0.3 is 9.73 Å². The fourth-order valence-corrected chi connectivity index (χ4v) is 1.90. The van der Waals surface area contributed by atoms with Crippen molar-refractivity contribution in [2.75, 3.05) is 6.54 Å². The van der Waals surface area contributed by atoms with Crippen LogP contribution in [0.4, 0.5) is 0 Å². The molecule has 2 aromatic rings. The first-order valence-electron chi connectivity index (χ1n) is 6.43. The molecule has 4 heteroatoms. The minimum atomic E-state index is 0.159. The third-order valence-corrected chi connectivity index (χ3v) is 2.84. The van der Waals surface area contributed by atoms with Gasteiger partial charge in [-0.25, -0.2) is 0 Å². The highest BCUT2D eigenvalue weighted by Gasteiger charge is 2.15. The lowest BCUT2D eigenvalue weighted by molar-refractivity contribution is 0.380. The van der Waals surface area contributed by atoms with Crippen molar-refractivity contribution in [3.63, 3.8) is 0 Å². The number of rotatable bonds is 6. The number of aromatic nitrogens is 2. The molecule has 0 radical (unpaired) electrons. The van der Waals surface area contributed by atoms with Crippen LogP contribution in [0.1, 0.15) is 43.7 Å². The third-order valence-electron chi connectivity index (χ3n) is 2.84.